The number of carbonyl (C=O) groups excluding carboxylic acids is 1. The lowest BCUT2D eigenvalue weighted by molar-refractivity contribution is -0.384. The average molecular weight is 234 g/mol. The Morgan fingerprint density at radius 3 is 2.43 bits per heavy atom. The van der Waals surface area contributed by atoms with Gasteiger partial charge in [-0.15, -0.1) is 0 Å². The second kappa shape index (κ2) is 3.94. The number of rotatable bonds is 2. The van der Waals surface area contributed by atoms with Gasteiger partial charge >= 0.3 is 0 Å². The first-order valence-corrected chi connectivity index (χ1v) is 4.34. The van der Waals surface area contributed by atoms with Gasteiger partial charge in [0.1, 0.15) is 5.02 Å². The molecule has 0 unspecified atom stereocenters. The second-order valence-electron chi connectivity index (χ2n) is 2.57. The van der Waals surface area contributed by atoms with Crippen molar-refractivity contribution in [3.05, 3.63) is 37.9 Å². The zero-order valence-electron chi connectivity index (χ0n) is 7.08. The van der Waals surface area contributed by atoms with Crippen molar-refractivity contribution in [3.8, 4) is 0 Å². The van der Waals surface area contributed by atoms with Crippen molar-refractivity contribution in [1.82, 2.24) is 0 Å². The zero-order valence-corrected chi connectivity index (χ0v) is 8.59. The highest BCUT2D eigenvalue weighted by Crippen LogP contribution is 2.33. The van der Waals surface area contributed by atoms with Crippen molar-refractivity contribution in [2.75, 3.05) is 0 Å². The minimum absolute atomic E-state index is 0.0115. The predicted molar refractivity (Wildman–Crippen MR) is 53.1 cm³/mol. The number of hydrogen-bond donors (Lipinski definition) is 0. The third-order valence-corrected chi connectivity index (χ3v) is 2.32. The second-order valence-corrected chi connectivity index (χ2v) is 3.35. The van der Waals surface area contributed by atoms with Crippen LogP contribution in [0.2, 0.25) is 10.0 Å². The molecule has 14 heavy (non-hydrogen) atoms. The van der Waals surface area contributed by atoms with Gasteiger partial charge in [-0.3, -0.25) is 14.9 Å². The number of hydrogen-bond acceptors (Lipinski definition) is 3. The van der Waals surface area contributed by atoms with E-state index in [9.17, 15) is 14.9 Å². The monoisotopic (exact) mass is 233 g/mol. The van der Waals surface area contributed by atoms with E-state index >= 15 is 0 Å². The van der Waals surface area contributed by atoms with E-state index in [-0.39, 0.29) is 21.3 Å². The van der Waals surface area contributed by atoms with Gasteiger partial charge in [-0.1, -0.05) is 23.2 Å². The average Bonchev–Trinajstić information content (AvgIpc) is 2.02. The summed E-state index contributed by atoms with van der Waals surface area (Å²) >= 11 is 11.3. The van der Waals surface area contributed by atoms with Gasteiger partial charge in [0, 0.05) is 6.07 Å². The molecule has 0 radical (unpaired) electrons. The Kier molecular flexibility index (Phi) is 3.08. The molecule has 0 aliphatic rings. The van der Waals surface area contributed by atoms with Crippen LogP contribution in [-0.2, 0) is 0 Å². The van der Waals surface area contributed by atoms with Gasteiger partial charge in [0.25, 0.3) is 5.69 Å². The summed E-state index contributed by atoms with van der Waals surface area (Å²) in [5, 5.41) is 10.4. The van der Waals surface area contributed by atoms with Crippen LogP contribution < -0.4 is 0 Å². The van der Waals surface area contributed by atoms with Gasteiger partial charge < -0.3 is 0 Å². The highest BCUT2D eigenvalue weighted by Gasteiger charge is 2.20. The topological polar surface area (TPSA) is 60.2 Å². The highest BCUT2D eigenvalue weighted by molar-refractivity contribution is 6.41. The summed E-state index contributed by atoms with van der Waals surface area (Å²) in [5.41, 5.74) is -0.330. The van der Waals surface area contributed by atoms with E-state index in [2.05, 4.69) is 0 Å². The van der Waals surface area contributed by atoms with Crippen molar-refractivity contribution in [1.29, 1.82) is 0 Å². The van der Waals surface area contributed by atoms with Gasteiger partial charge in [0.2, 0.25) is 0 Å². The molecule has 0 spiro atoms. The van der Waals surface area contributed by atoms with E-state index in [1.165, 1.54) is 13.0 Å². The summed E-state index contributed by atoms with van der Waals surface area (Å²) in [6.45, 7) is 1.25. The van der Waals surface area contributed by atoms with Crippen LogP contribution in [0.15, 0.2) is 12.1 Å². The molecule has 0 fully saturated rings. The van der Waals surface area contributed by atoms with Crippen molar-refractivity contribution in [2.24, 2.45) is 0 Å². The number of Topliss-reactive ketones (excluding diaryl/α,β-unsaturated/α-hetero) is 1. The molecule has 1 aromatic rings. The van der Waals surface area contributed by atoms with E-state index in [0.29, 0.717) is 0 Å². The molecule has 6 heteroatoms. The smallest absolute Gasteiger partial charge is 0.288 e. The Balaban J connectivity index is 3.49. The molecule has 74 valence electrons. The van der Waals surface area contributed by atoms with Crippen LogP contribution in [0.1, 0.15) is 17.3 Å². The first-order valence-electron chi connectivity index (χ1n) is 3.58. The molecule has 0 heterocycles. The summed E-state index contributed by atoms with van der Waals surface area (Å²) in [4.78, 5) is 20.9. The molecule has 4 nitrogen and oxygen atoms in total. The van der Waals surface area contributed by atoms with Crippen LogP contribution in [0, 0.1) is 10.1 Å². The fraction of sp³-hybridized carbons (Fsp3) is 0.125. The van der Waals surface area contributed by atoms with Gasteiger partial charge in [0.05, 0.1) is 15.5 Å². The first kappa shape index (κ1) is 10.9. The first-order chi connectivity index (χ1) is 6.45. The number of nitro groups is 1. The van der Waals surface area contributed by atoms with Gasteiger partial charge in [-0.25, -0.2) is 0 Å². The van der Waals surface area contributed by atoms with E-state index in [4.69, 9.17) is 23.2 Å². The molecule has 0 saturated heterocycles. The standard InChI is InChI=1S/C8H5Cl2NO3/c1-4(12)7-5(9)2-3-6(8(7)10)11(13)14/h2-3H,1H3. The minimum atomic E-state index is -0.662. The maximum absolute atomic E-state index is 11.1. The quantitative estimate of drug-likeness (QED) is 0.448. The van der Waals surface area contributed by atoms with Crippen molar-refractivity contribution < 1.29 is 9.72 Å². The number of ketones is 1. The fourth-order valence-electron chi connectivity index (χ4n) is 1.01. The Hall–Kier alpha value is -1.13. The van der Waals surface area contributed by atoms with Crippen LogP contribution in [0.25, 0.3) is 0 Å². The summed E-state index contributed by atoms with van der Waals surface area (Å²) in [6, 6.07) is 2.44. The Labute approximate surface area is 89.6 Å². The number of nitro benzene ring substituents is 1. The van der Waals surface area contributed by atoms with Crippen molar-refractivity contribution >= 4 is 34.7 Å². The molecule has 0 atom stereocenters. The normalized spacial score (nSPS) is 9.93. The predicted octanol–water partition coefficient (Wildman–Crippen LogP) is 3.10. The molecular formula is C8H5Cl2NO3. The summed E-state index contributed by atoms with van der Waals surface area (Å²) in [5.74, 6) is -0.399. The molecule has 0 aliphatic carbocycles. The van der Waals surface area contributed by atoms with E-state index in [1.54, 1.807) is 0 Å². The molecule has 0 saturated carbocycles. The summed E-state index contributed by atoms with van der Waals surface area (Å²) in [7, 11) is 0. The molecule has 1 rings (SSSR count). The molecule has 0 amide bonds. The van der Waals surface area contributed by atoms with Gasteiger partial charge in [-0.05, 0) is 13.0 Å². The third-order valence-electron chi connectivity index (χ3n) is 1.62. The maximum atomic E-state index is 11.1. The Morgan fingerprint density at radius 2 is 2.00 bits per heavy atom. The highest BCUT2D eigenvalue weighted by atomic mass is 35.5. The van der Waals surface area contributed by atoms with E-state index < -0.39 is 10.7 Å². The van der Waals surface area contributed by atoms with Crippen LogP contribution >= 0.6 is 23.2 Å². The fourth-order valence-corrected chi connectivity index (χ4v) is 1.71. The number of carbonyl (C=O) groups is 1. The molecule has 1 aromatic carbocycles. The van der Waals surface area contributed by atoms with Crippen LogP contribution in [0.4, 0.5) is 5.69 Å². The van der Waals surface area contributed by atoms with Crippen molar-refractivity contribution in [3.63, 3.8) is 0 Å². The lowest BCUT2D eigenvalue weighted by atomic mass is 10.1. The largest absolute Gasteiger partial charge is 0.294 e. The molecule has 0 bridgehead atoms. The lowest BCUT2D eigenvalue weighted by Crippen LogP contribution is -1.98. The Morgan fingerprint density at radius 1 is 1.43 bits per heavy atom. The number of nitrogens with zero attached hydrogens (tertiary/aromatic N) is 1. The SMILES string of the molecule is CC(=O)c1c(Cl)ccc([N+](=O)[O-])c1Cl. The molecule has 0 N–H and O–H groups in total. The summed E-state index contributed by atoms with van der Waals surface area (Å²) < 4.78 is 0. The molecular weight excluding hydrogens is 229 g/mol. The third kappa shape index (κ3) is 1.86. The number of halogens is 2. The summed E-state index contributed by atoms with van der Waals surface area (Å²) in [6.07, 6.45) is 0. The molecule has 0 aliphatic heterocycles. The van der Waals surface area contributed by atoms with E-state index in [1.807, 2.05) is 0 Å². The molecule has 0 aromatic heterocycles. The lowest BCUT2D eigenvalue weighted by Gasteiger charge is -2.02. The number of benzene rings is 1. The van der Waals surface area contributed by atoms with Crippen LogP contribution in [0.3, 0.4) is 0 Å². The van der Waals surface area contributed by atoms with E-state index in [0.717, 1.165) is 6.07 Å². The van der Waals surface area contributed by atoms with Crippen molar-refractivity contribution in [2.45, 2.75) is 6.92 Å². The van der Waals surface area contributed by atoms with Crippen LogP contribution in [-0.4, -0.2) is 10.7 Å². The maximum Gasteiger partial charge on any atom is 0.288 e. The Bertz CT molecular complexity index is 417. The van der Waals surface area contributed by atoms with Gasteiger partial charge in [0.15, 0.2) is 5.78 Å². The van der Waals surface area contributed by atoms with Gasteiger partial charge in [-0.2, -0.15) is 0 Å². The van der Waals surface area contributed by atoms with Crippen LogP contribution in [0.5, 0.6) is 0 Å². The zero-order chi connectivity index (χ0) is 10.9. The minimum Gasteiger partial charge on any atom is -0.294 e.